The number of halogens is 1. The van der Waals surface area contributed by atoms with E-state index < -0.39 is 11.8 Å². The average molecular weight is 250 g/mol. The molecule has 0 spiro atoms. The second-order valence-corrected chi connectivity index (χ2v) is 3.71. The van der Waals surface area contributed by atoms with E-state index in [0.717, 1.165) is 0 Å². The van der Waals surface area contributed by atoms with Crippen molar-refractivity contribution in [2.24, 2.45) is 0 Å². The van der Waals surface area contributed by atoms with E-state index in [2.05, 4.69) is 9.97 Å². The molecule has 1 heterocycles. The fraction of sp³-hybridized carbons (Fsp3) is 0.167. The van der Waals surface area contributed by atoms with Gasteiger partial charge in [-0.2, -0.15) is 0 Å². The number of nitrogens with one attached hydrogen (secondary N) is 1. The molecule has 2 N–H and O–H groups in total. The van der Waals surface area contributed by atoms with Gasteiger partial charge in [-0.3, -0.25) is 0 Å². The molecule has 0 saturated heterocycles. The molecular formula is C12H11FN2O3. The number of H-pyrrole nitrogens is 1. The highest BCUT2D eigenvalue weighted by Crippen LogP contribution is 2.26. The Kier molecular flexibility index (Phi) is 3.01. The van der Waals surface area contributed by atoms with Crippen LogP contribution in [0, 0.1) is 12.7 Å². The number of rotatable bonds is 3. The second-order valence-electron chi connectivity index (χ2n) is 3.71. The number of imidazole rings is 1. The van der Waals surface area contributed by atoms with Crippen LogP contribution in [0.1, 0.15) is 16.3 Å². The molecule has 0 aliphatic rings. The lowest BCUT2D eigenvalue weighted by Crippen LogP contribution is -1.98. The minimum Gasteiger partial charge on any atom is -0.494 e. The van der Waals surface area contributed by atoms with Crippen molar-refractivity contribution < 1.29 is 19.0 Å². The molecule has 1 aromatic carbocycles. The first kappa shape index (κ1) is 12.1. The SMILES string of the molecule is COc1ccc(-c2nc(C(=O)O)[nH]c2C)cc1F. The standard InChI is InChI=1S/C12H11FN2O3/c1-6-10(15-11(14-6)12(16)17)7-3-4-9(18-2)8(13)5-7/h3-5H,1-2H3,(H,14,15)(H,16,17). The summed E-state index contributed by atoms with van der Waals surface area (Å²) in [6.45, 7) is 1.68. The maximum atomic E-state index is 13.6. The molecule has 0 atom stereocenters. The number of nitrogens with zero attached hydrogens (tertiary/aromatic N) is 1. The largest absolute Gasteiger partial charge is 0.494 e. The van der Waals surface area contributed by atoms with Gasteiger partial charge in [0.2, 0.25) is 5.82 Å². The van der Waals surface area contributed by atoms with Crippen LogP contribution < -0.4 is 4.74 Å². The molecule has 18 heavy (non-hydrogen) atoms. The Hall–Kier alpha value is -2.37. The maximum Gasteiger partial charge on any atom is 0.371 e. The van der Waals surface area contributed by atoms with E-state index in [0.29, 0.717) is 17.0 Å². The van der Waals surface area contributed by atoms with Crippen molar-refractivity contribution in [1.29, 1.82) is 0 Å². The fourth-order valence-corrected chi connectivity index (χ4v) is 1.66. The van der Waals surface area contributed by atoms with E-state index in [4.69, 9.17) is 9.84 Å². The van der Waals surface area contributed by atoms with Gasteiger partial charge in [-0.05, 0) is 25.1 Å². The van der Waals surface area contributed by atoms with E-state index in [1.807, 2.05) is 0 Å². The molecule has 0 fully saturated rings. The number of aryl methyl sites for hydroxylation is 1. The third-order valence-corrected chi connectivity index (χ3v) is 2.51. The first-order chi connectivity index (χ1) is 8.52. The number of aromatic nitrogens is 2. The van der Waals surface area contributed by atoms with E-state index in [1.54, 1.807) is 13.0 Å². The highest BCUT2D eigenvalue weighted by molar-refractivity contribution is 5.84. The number of hydrogen-bond donors (Lipinski definition) is 2. The minimum atomic E-state index is -1.15. The van der Waals surface area contributed by atoms with Gasteiger partial charge in [0.1, 0.15) is 0 Å². The number of carbonyl (C=O) groups is 1. The zero-order chi connectivity index (χ0) is 13.3. The summed E-state index contributed by atoms with van der Waals surface area (Å²) in [4.78, 5) is 17.3. The van der Waals surface area contributed by atoms with Crippen LogP contribution in [-0.2, 0) is 0 Å². The van der Waals surface area contributed by atoms with E-state index in [9.17, 15) is 9.18 Å². The number of benzene rings is 1. The van der Waals surface area contributed by atoms with Gasteiger partial charge in [-0.1, -0.05) is 0 Å². The zero-order valence-corrected chi connectivity index (χ0v) is 9.82. The molecule has 0 amide bonds. The van der Waals surface area contributed by atoms with Crippen LogP contribution in [0.4, 0.5) is 4.39 Å². The molecule has 0 aliphatic carbocycles. The molecule has 94 valence electrons. The minimum absolute atomic E-state index is 0.130. The molecule has 2 aromatic rings. The number of hydrogen-bond acceptors (Lipinski definition) is 3. The Morgan fingerprint density at radius 3 is 2.72 bits per heavy atom. The molecule has 0 bridgehead atoms. The lowest BCUT2D eigenvalue weighted by Gasteiger charge is -2.03. The number of ether oxygens (including phenoxy) is 1. The van der Waals surface area contributed by atoms with Crippen molar-refractivity contribution in [3.63, 3.8) is 0 Å². The molecule has 0 aliphatic heterocycles. The lowest BCUT2D eigenvalue weighted by atomic mass is 10.1. The van der Waals surface area contributed by atoms with Crippen LogP contribution in [-0.4, -0.2) is 28.2 Å². The third kappa shape index (κ3) is 2.04. The molecule has 0 radical (unpaired) electrons. The van der Waals surface area contributed by atoms with Gasteiger partial charge < -0.3 is 14.8 Å². The van der Waals surface area contributed by atoms with Crippen molar-refractivity contribution >= 4 is 5.97 Å². The smallest absolute Gasteiger partial charge is 0.371 e. The number of carboxylic acid groups (broad SMARTS) is 1. The highest BCUT2D eigenvalue weighted by Gasteiger charge is 2.15. The van der Waals surface area contributed by atoms with Crippen LogP contribution >= 0.6 is 0 Å². The van der Waals surface area contributed by atoms with Crippen molar-refractivity contribution in [3.05, 3.63) is 35.5 Å². The summed E-state index contributed by atoms with van der Waals surface area (Å²) in [7, 11) is 1.38. The Morgan fingerprint density at radius 2 is 2.22 bits per heavy atom. The van der Waals surface area contributed by atoms with Crippen molar-refractivity contribution in [1.82, 2.24) is 9.97 Å². The Morgan fingerprint density at radius 1 is 1.50 bits per heavy atom. The zero-order valence-electron chi connectivity index (χ0n) is 9.82. The summed E-state index contributed by atoms with van der Waals surface area (Å²) >= 11 is 0. The number of carboxylic acids is 1. The molecule has 5 nitrogen and oxygen atoms in total. The monoisotopic (exact) mass is 250 g/mol. The first-order valence-electron chi connectivity index (χ1n) is 5.16. The predicted molar refractivity (Wildman–Crippen MR) is 62.2 cm³/mol. The van der Waals surface area contributed by atoms with Gasteiger partial charge in [-0.25, -0.2) is 14.2 Å². The van der Waals surface area contributed by atoms with Crippen LogP contribution in [0.5, 0.6) is 5.75 Å². The summed E-state index contributed by atoms with van der Waals surface area (Å²) in [6, 6.07) is 4.35. The van der Waals surface area contributed by atoms with Gasteiger partial charge in [0.25, 0.3) is 0 Å². The molecular weight excluding hydrogens is 239 g/mol. The van der Waals surface area contributed by atoms with Gasteiger partial charge in [0.15, 0.2) is 11.6 Å². The Bertz CT molecular complexity index is 607. The first-order valence-corrected chi connectivity index (χ1v) is 5.16. The fourth-order valence-electron chi connectivity index (χ4n) is 1.66. The number of aromatic amines is 1. The topological polar surface area (TPSA) is 75.2 Å². The van der Waals surface area contributed by atoms with Crippen LogP contribution in [0.3, 0.4) is 0 Å². The number of aromatic carboxylic acids is 1. The second kappa shape index (κ2) is 4.48. The van der Waals surface area contributed by atoms with Crippen molar-refractivity contribution in [2.75, 3.05) is 7.11 Å². The summed E-state index contributed by atoms with van der Waals surface area (Å²) in [5.41, 5.74) is 1.47. The number of methoxy groups -OCH3 is 1. The van der Waals surface area contributed by atoms with Crippen molar-refractivity contribution in [3.8, 4) is 17.0 Å². The van der Waals surface area contributed by atoms with E-state index in [-0.39, 0.29) is 11.6 Å². The Balaban J connectivity index is 2.48. The van der Waals surface area contributed by atoms with Crippen LogP contribution in [0.2, 0.25) is 0 Å². The van der Waals surface area contributed by atoms with Crippen molar-refractivity contribution in [2.45, 2.75) is 6.92 Å². The highest BCUT2D eigenvalue weighted by atomic mass is 19.1. The summed E-state index contributed by atoms with van der Waals surface area (Å²) in [6.07, 6.45) is 0. The molecule has 6 heteroatoms. The van der Waals surface area contributed by atoms with Crippen LogP contribution in [0.25, 0.3) is 11.3 Å². The normalized spacial score (nSPS) is 10.4. The summed E-state index contributed by atoms with van der Waals surface area (Å²) in [5, 5.41) is 8.82. The summed E-state index contributed by atoms with van der Waals surface area (Å²) in [5.74, 6) is -1.71. The molecule has 0 saturated carbocycles. The Labute approximate surface area is 102 Å². The molecule has 0 unspecified atom stereocenters. The molecule has 2 rings (SSSR count). The quantitative estimate of drug-likeness (QED) is 0.875. The van der Waals surface area contributed by atoms with Gasteiger partial charge in [0, 0.05) is 11.3 Å². The molecule has 1 aromatic heterocycles. The van der Waals surface area contributed by atoms with Crippen LogP contribution in [0.15, 0.2) is 18.2 Å². The summed E-state index contributed by atoms with van der Waals surface area (Å²) < 4.78 is 18.4. The van der Waals surface area contributed by atoms with Gasteiger partial charge >= 0.3 is 5.97 Å². The average Bonchev–Trinajstić information content (AvgIpc) is 2.71. The lowest BCUT2D eigenvalue weighted by molar-refractivity contribution is 0.0684. The van der Waals surface area contributed by atoms with Gasteiger partial charge in [-0.15, -0.1) is 0 Å². The van der Waals surface area contributed by atoms with E-state index >= 15 is 0 Å². The predicted octanol–water partition coefficient (Wildman–Crippen LogP) is 2.23. The van der Waals surface area contributed by atoms with E-state index in [1.165, 1.54) is 19.2 Å². The van der Waals surface area contributed by atoms with Gasteiger partial charge in [0.05, 0.1) is 12.8 Å². The third-order valence-electron chi connectivity index (χ3n) is 2.51. The maximum absolute atomic E-state index is 13.6.